The summed E-state index contributed by atoms with van der Waals surface area (Å²) in [4.78, 5) is 12.3. The number of anilines is 1. The molecule has 0 bridgehead atoms. The predicted molar refractivity (Wildman–Crippen MR) is 88.1 cm³/mol. The molecule has 0 radical (unpaired) electrons. The highest BCUT2D eigenvalue weighted by atomic mass is 32.2. The van der Waals surface area contributed by atoms with Crippen molar-refractivity contribution in [3.8, 4) is 0 Å². The first-order chi connectivity index (χ1) is 9.99. The van der Waals surface area contributed by atoms with Crippen LogP contribution in [-0.4, -0.2) is 16.4 Å². The van der Waals surface area contributed by atoms with Crippen LogP contribution in [0.25, 0.3) is 0 Å². The van der Waals surface area contributed by atoms with E-state index in [-0.39, 0.29) is 5.91 Å². The summed E-state index contributed by atoms with van der Waals surface area (Å²) in [5.74, 6) is 0.380. The molecular formula is C17H19NO2S. The fourth-order valence-electron chi connectivity index (χ4n) is 2.21. The van der Waals surface area contributed by atoms with Crippen LogP contribution in [0.4, 0.5) is 5.69 Å². The van der Waals surface area contributed by atoms with Crippen molar-refractivity contribution in [2.75, 3.05) is 11.6 Å². The second-order valence-electron chi connectivity index (χ2n) is 5.08. The molecule has 1 N–H and O–H groups in total. The fourth-order valence-corrected chi connectivity index (χ4v) is 2.96. The van der Waals surface area contributed by atoms with Gasteiger partial charge in [0.25, 0.3) is 5.91 Å². The second kappa shape index (κ2) is 6.68. The van der Waals surface area contributed by atoms with Crippen molar-refractivity contribution in [3.63, 3.8) is 0 Å². The average Bonchev–Trinajstić information content (AvgIpc) is 2.43. The van der Waals surface area contributed by atoms with E-state index in [1.54, 1.807) is 6.26 Å². The van der Waals surface area contributed by atoms with Crippen LogP contribution in [0.3, 0.4) is 0 Å². The van der Waals surface area contributed by atoms with Crippen LogP contribution in [0.5, 0.6) is 0 Å². The number of amides is 1. The van der Waals surface area contributed by atoms with E-state index in [2.05, 4.69) is 5.32 Å². The molecule has 1 atom stereocenters. The Bertz CT molecular complexity index is 695. The Labute approximate surface area is 127 Å². The average molecular weight is 301 g/mol. The maximum atomic E-state index is 12.3. The Morgan fingerprint density at radius 1 is 1.10 bits per heavy atom. The second-order valence-corrected chi connectivity index (χ2v) is 6.51. The van der Waals surface area contributed by atoms with E-state index >= 15 is 0 Å². The van der Waals surface area contributed by atoms with Gasteiger partial charge in [0.15, 0.2) is 0 Å². The molecule has 0 fully saturated rings. The van der Waals surface area contributed by atoms with Crippen molar-refractivity contribution >= 4 is 22.4 Å². The number of hydrogen-bond acceptors (Lipinski definition) is 2. The number of benzene rings is 2. The first kappa shape index (κ1) is 15.4. The molecule has 3 nitrogen and oxygen atoms in total. The van der Waals surface area contributed by atoms with Gasteiger partial charge >= 0.3 is 0 Å². The molecule has 0 saturated heterocycles. The van der Waals surface area contributed by atoms with Gasteiger partial charge < -0.3 is 5.32 Å². The van der Waals surface area contributed by atoms with E-state index in [0.717, 1.165) is 22.4 Å². The third kappa shape index (κ3) is 3.79. The molecule has 2 aromatic carbocycles. The number of nitrogens with one attached hydrogen (secondary N) is 1. The molecule has 0 aromatic heterocycles. The van der Waals surface area contributed by atoms with Crippen LogP contribution in [0, 0.1) is 13.8 Å². The summed E-state index contributed by atoms with van der Waals surface area (Å²) < 4.78 is 11.4. The first-order valence-electron chi connectivity index (χ1n) is 6.74. The minimum absolute atomic E-state index is 0.119. The third-order valence-corrected chi connectivity index (χ3v) is 4.16. The van der Waals surface area contributed by atoms with Gasteiger partial charge in [-0.3, -0.25) is 9.00 Å². The van der Waals surface area contributed by atoms with Gasteiger partial charge in [-0.05, 0) is 42.7 Å². The van der Waals surface area contributed by atoms with Crippen LogP contribution in [-0.2, 0) is 16.6 Å². The van der Waals surface area contributed by atoms with E-state index < -0.39 is 10.8 Å². The summed E-state index contributed by atoms with van der Waals surface area (Å²) in [6.07, 6.45) is 1.68. The Hall–Kier alpha value is -1.94. The molecule has 110 valence electrons. The SMILES string of the molecule is Cc1ccccc1C(=O)Nc1cccc(C[S@@](C)=O)c1C. The van der Waals surface area contributed by atoms with Crippen LogP contribution < -0.4 is 5.32 Å². The number of aryl methyl sites for hydroxylation is 1. The Balaban J connectivity index is 2.26. The third-order valence-electron chi connectivity index (χ3n) is 3.44. The molecular weight excluding hydrogens is 282 g/mol. The molecule has 0 saturated carbocycles. The van der Waals surface area contributed by atoms with E-state index in [1.807, 2.05) is 56.3 Å². The van der Waals surface area contributed by atoms with Crippen molar-refractivity contribution in [2.24, 2.45) is 0 Å². The van der Waals surface area contributed by atoms with Crippen molar-refractivity contribution in [1.29, 1.82) is 0 Å². The molecule has 0 heterocycles. The normalized spacial score (nSPS) is 12.0. The molecule has 2 rings (SSSR count). The van der Waals surface area contributed by atoms with Gasteiger partial charge in [-0.2, -0.15) is 0 Å². The summed E-state index contributed by atoms with van der Waals surface area (Å²) >= 11 is 0. The van der Waals surface area contributed by atoms with Gasteiger partial charge in [0.1, 0.15) is 0 Å². The number of rotatable bonds is 4. The molecule has 4 heteroatoms. The lowest BCUT2D eigenvalue weighted by molar-refractivity contribution is 0.102. The Morgan fingerprint density at radius 2 is 1.81 bits per heavy atom. The van der Waals surface area contributed by atoms with Gasteiger partial charge in [-0.1, -0.05) is 30.3 Å². The Kier molecular flexibility index (Phi) is 4.91. The highest BCUT2D eigenvalue weighted by molar-refractivity contribution is 7.83. The molecule has 0 aliphatic heterocycles. The quantitative estimate of drug-likeness (QED) is 0.940. The lowest BCUT2D eigenvalue weighted by Crippen LogP contribution is -2.14. The smallest absolute Gasteiger partial charge is 0.255 e. The van der Waals surface area contributed by atoms with Crippen LogP contribution in [0.1, 0.15) is 27.0 Å². The largest absolute Gasteiger partial charge is 0.322 e. The molecule has 0 aliphatic carbocycles. The van der Waals surface area contributed by atoms with Gasteiger partial charge in [0.2, 0.25) is 0 Å². The Morgan fingerprint density at radius 3 is 2.48 bits per heavy atom. The minimum atomic E-state index is -0.900. The standard InChI is InChI=1S/C17H19NO2S/c1-12-7-4-5-9-15(12)17(19)18-16-10-6-8-14(13(16)2)11-21(3)20/h4-10H,11H2,1-3H3,(H,18,19)/t21-/m1/s1. The summed E-state index contributed by atoms with van der Waals surface area (Å²) in [5.41, 5.74) is 4.35. The first-order valence-corrected chi connectivity index (χ1v) is 8.47. The van der Waals surface area contributed by atoms with Crippen LogP contribution in [0.2, 0.25) is 0 Å². The van der Waals surface area contributed by atoms with Crippen LogP contribution in [0.15, 0.2) is 42.5 Å². The zero-order valence-corrected chi connectivity index (χ0v) is 13.3. The van der Waals surface area contributed by atoms with Crippen LogP contribution >= 0.6 is 0 Å². The minimum Gasteiger partial charge on any atom is -0.322 e. The molecule has 0 aliphatic rings. The lowest BCUT2D eigenvalue weighted by Gasteiger charge is -2.13. The van der Waals surface area contributed by atoms with E-state index in [4.69, 9.17) is 0 Å². The fraction of sp³-hybridized carbons (Fsp3) is 0.235. The highest BCUT2D eigenvalue weighted by Gasteiger charge is 2.11. The zero-order chi connectivity index (χ0) is 15.4. The van der Waals surface area contributed by atoms with Gasteiger partial charge in [0, 0.05) is 34.1 Å². The topological polar surface area (TPSA) is 46.2 Å². The molecule has 21 heavy (non-hydrogen) atoms. The monoisotopic (exact) mass is 301 g/mol. The summed E-state index contributed by atoms with van der Waals surface area (Å²) in [6, 6.07) is 13.2. The van der Waals surface area contributed by atoms with Crippen molar-refractivity contribution < 1.29 is 9.00 Å². The molecule has 0 unspecified atom stereocenters. The van der Waals surface area contributed by atoms with Gasteiger partial charge in [-0.15, -0.1) is 0 Å². The maximum Gasteiger partial charge on any atom is 0.255 e. The number of carbonyl (C=O) groups excluding carboxylic acids is 1. The lowest BCUT2D eigenvalue weighted by atomic mass is 10.1. The van der Waals surface area contributed by atoms with E-state index in [0.29, 0.717) is 11.3 Å². The zero-order valence-electron chi connectivity index (χ0n) is 12.5. The van der Waals surface area contributed by atoms with Gasteiger partial charge in [-0.25, -0.2) is 0 Å². The summed E-state index contributed by atoms with van der Waals surface area (Å²) in [7, 11) is -0.900. The van der Waals surface area contributed by atoms with E-state index in [1.165, 1.54) is 0 Å². The summed E-state index contributed by atoms with van der Waals surface area (Å²) in [5, 5.41) is 2.94. The number of carbonyl (C=O) groups is 1. The molecule has 2 aromatic rings. The van der Waals surface area contributed by atoms with Gasteiger partial charge in [0.05, 0.1) is 0 Å². The van der Waals surface area contributed by atoms with Crippen molar-refractivity contribution in [1.82, 2.24) is 0 Å². The number of hydrogen-bond donors (Lipinski definition) is 1. The molecule has 0 spiro atoms. The van der Waals surface area contributed by atoms with E-state index in [9.17, 15) is 9.00 Å². The maximum absolute atomic E-state index is 12.3. The summed E-state index contributed by atoms with van der Waals surface area (Å²) in [6.45, 7) is 3.86. The highest BCUT2D eigenvalue weighted by Crippen LogP contribution is 2.21. The van der Waals surface area contributed by atoms with Crippen molar-refractivity contribution in [2.45, 2.75) is 19.6 Å². The molecule has 1 amide bonds. The predicted octanol–water partition coefficient (Wildman–Crippen LogP) is 3.43. The van der Waals surface area contributed by atoms with Crippen molar-refractivity contribution in [3.05, 3.63) is 64.7 Å².